The van der Waals surface area contributed by atoms with Crippen LogP contribution in [0.3, 0.4) is 0 Å². The Morgan fingerprint density at radius 2 is 0.976 bits per heavy atom. The number of hydrogen-bond acceptors (Lipinski definition) is 8. The zero-order valence-electron chi connectivity index (χ0n) is 25.7. The standard InChI is InChI=1S/C34H46N6O2/c1-5-9-17-39(18-10-6-2)29-15-13-27(33(41)21-29)25-37-31(23-35)32(24-36)38-26-28-14-16-30(22-34(28)42)40(19-11-7-3)20-12-8-4/h13-16,21-22,25-26,41-42H,5-12,17-20H2,1-4H3/b32-31-,37-25+,38-26+. The Balaban J connectivity index is 2.26. The van der Waals surface area contributed by atoms with E-state index in [4.69, 9.17) is 0 Å². The van der Waals surface area contributed by atoms with Crippen LogP contribution in [0.25, 0.3) is 0 Å². The molecule has 2 N–H and O–H groups in total. The Labute approximate surface area is 252 Å². The Bertz CT molecular complexity index is 1190. The molecule has 8 heteroatoms. The maximum atomic E-state index is 10.7. The number of nitriles is 2. The van der Waals surface area contributed by atoms with E-state index in [2.05, 4.69) is 47.5 Å². The van der Waals surface area contributed by atoms with Gasteiger partial charge < -0.3 is 20.0 Å². The number of allylic oxidation sites excluding steroid dienone is 2. The molecule has 0 spiro atoms. The first kappa shape index (κ1) is 33.9. The zero-order chi connectivity index (χ0) is 30.7. The van der Waals surface area contributed by atoms with Gasteiger partial charge in [-0.2, -0.15) is 10.5 Å². The third kappa shape index (κ3) is 10.6. The fraction of sp³-hybridized carbons (Fsp3) is 0.471. The van der Waals surface area contributed by atoms with Crippen molar-refractivity contribution in [1.29, 1.82) is 10.5 Å². The summed E-state index contributed by atoms with van der Waals surface area (Å²) in [5.41, 5.74) is 2.37. The molecule has 2 rings (SSSR count). The van der Waals surface area contributed by atoms with Gasteiger partial charge in [0.05, 0.1) is 0 Å². The topological polar surface area (TPSA) is 119 Å². The minimum Gasteiger partial charge on any atom is -0.507 e. The van der Waals surface area contributed by atoms with Gasteiger partial charge in [-0.25, -0.2) is 9.98 Å². The predicted molar refractivity (Wildman–Crippen MR) is 174 cm³/mol. The first-order valence-electron chi connectivity index (χ1n) is 15.2. The number of aromatic hydroxyl groups is 2. The number of unbranched alkanes of at least 4 members (excludes halogenated alkanes) is 4. The van der Waals surface area contributed by atoms with Gasteiger partial charge >= 0.3 is 0 Å². The molecule has 0 aliphatic heterocycles. The van der Waals surface area contributed by atoms with Crippen LogP contribution in [0.1, 0.15) is 90.2 Å². The number of anilines is 2. The molecule has 224 valence electrons. The van der Waals surface area contributed by atoms with Crippen LogP contribution in [0.15, 0.2) is 57.8 Å². The number of nitrogens with zero attached hydrogens (tertiary/aromatic N) is 6. The maximum Gasteiger partial charge on any atom is 0.176 e. The Kier molecular flexibility index (Phi) is 15.3. The summed E-state index contributed by atoms with van der Waals surface area (Å²) in [6.45, 7) is 12.3. The van der Waals surface area contributed by atoms with Crippen molar-refractivity contribution in [2.24, 2.45) is 9.98 Å². The van der Waals surface area contributed by atoms with Gasteiger partial charge in [0.2, 0.25) is 0 Å². The molecule has 0 aliphatic rings. The van der Waals surface area contributed by atoms with Crippen molar-refractivity contribution in [3.63, 3.8) is 0 Å². The van der Waals surface area contributed by atoms with E-state index in [0.29, 0.717) is 11.1 Å². The zero-order valence-corrected chi connectivity index (χ0v) is 25.7. The highest BCUT2D eigenvalue weighted by molar-refractivity contribution is 5.87. The van der Waals surface area contributed by atoms with Crippen LogP contribution in [-0.4, -0.2) is 48.8 Å². The van der Waals surface area contributed by atoms with Crippen molar-refractivity contribution < 1.29 is 10.2 Å². The summed E-state index contributed by atoms with van der Waals surface area (Å²) in [4.78, 5) is 12.9. The first-order valence-corrected chi connectivity index (χ1v) is 15.2. The number of benzene rings is 2. The van der Waals surface area contributed by atoms with E-state index >= 15 is 0 Å². The lowest BCUT2D eigenvalue weighted by molar-refractivity contribution is 0.473. The molecule has 0 amide bonds. The number of hydrogen-bond donors (Lipinski definition) is 2. The average molecular weight is 571 g/mol. The van der Waals surface area contributed by atoms with Crippen LogP contribution >= 0.6 is 0 Å². The van der Waals surface area contributed by atoms with Crippen molar-refractivity contribution in [3.05, 3.63) is 58.9 Å². The molecule has 0 aliphatic carbocycles. The van der Waals surface area contributed by atoms with Crippen LogP contribution in [0.4, 0.5) is 11.4 Å². The average Bonchev–Trinajstić information content (AvgIpc) is 3.00. The van der Waals surface area contributed by atoms with Crippen molar-refractivity contribution >= 4 is 23.8 Å². The molecular formula is C34H46N6O2. The normalized spacial score (nSPS) is 11.9. The number of phenols is 2. The van der Waals surface area contributed by atoms with E-state index < -0.39 is 0 Å². The second-order valence-corrected chi connectivity index (χ2v) is 10.3. The highest BCUT2D eigenvalue weighted by Gasteiger charge is 2.11. The Morgan fingerprint density at radius 3 is 1.24 bits per heavy atom. The van der Waals surface area contributed by atoms with Gasteiger partial charge in [0.15, 0.2) is 11.4 Å². The summed E-state index contributed by atoms with van der Waals surface area (Å²) in [5.74, 6) is 0.0935. The largest absolute Gasteiger partial charge is 0.507 e. The lowest BCUT2D eigenvalue weighted by Crippen LogP contribution is -2.25. The highest BCUT2D eigenvalue weighted by Crippen LogP contribution is 2.26. The molecule has 0 unspecified atom stereocenters. The number of aliphatic imine (C=N–C) groups is 2. The molecule has 8 nitrogen and oxygen atoms in total. The predicted octanol–water partition coefficient (Wildman–Crippen LogP) is 7.71. The van der Waals surface area contributed by atoms with Gasteiger partial charge in [-0.15, -0.1) is 0 Å². The summed E-state index contributed by atoms with van der Waals surface area (Å²) in [6, 6.07) is 14.6. The number of phenolic OH excluding ortho intramolecular Hbond substituents is 2. The van der Waals surface area contributed by atoms with E-state index in [9.17, 15) is 20.7 Å². The third-order valence-corrected chi connectivity index (χ3v) is 6.99. The Hall–Kier alpha value is -4.30. The SMILES string of the molecule is CCCCN(CCCC)c1ccc(/C=N/C(C#N)=C(C#N)\N=C\c2ccc(N(CCCC)CCCC)cc2O)c(O)c1. The fourth-order valence-electron chi connectivity index (χ4n) is 4.37. The molecular weight excluding hydrogens is 524 g/mol. The molecule has 2 aromatic carbocycles. The fourth-order valence-corrected chi connectivity index (χ4v) is 4.37. The molecule has 0 fully saturated rings. The van der Waals surface area contributed by atoms with Crippen molar-refractivity contribution in [1.82, 2.24) is 0 Å². The highest BCUT2D eigenvalue weighted by atomic mass is 16.3. The van der Waals surface area contributed by atoms with Crippen molar-refractivity contribution in [3.8, 4) is 23.6 Å². The second-order valence-electron chi connectivity index (χ2n) is 10.3. The monoisotopic (exact) mass is 570 g/mol. The molecule has 0 aromatic heterocycles. The minimum absolute atomic E-state index is 0.0467. The molecule has 0 heterocycles. The van der Waals surface area contributed by atoms with Crippen LogP contribution < -0.4 is 9.80 Å². The molecule has 0 saturated carbocycles. The van der Waals surface area contributed by atoms with E-state index in [1.165, 1.54) is 12.4 Å². The van der Waals surface area contributed by atoms with Crippen molar-refractivity contribution in [2.45, 2.75) is 79.1 Å². The quantitative estimate of drug-likeness (QED) is 0.140. The summed E-state index contributed by atoms with van der Waals surface area (Å²) in [7, 11) is 0. The van der Waals surface area contributed by atoms with Crippen LogP contribution in [0.2, 0.25) is 0 Å². The summed E-state index contributed by atoms with van der Waals surface area (Å²) < 4.78 is 0. The third-order valence-electron chi connectivity index (χ3n) is 6.99. The second kappa shape index (κ2) is 18.9. The summed E-state index contributed by atoms with van der Waals surface area (Å²) in [6.07, 6.45) is 11.4. The number of rotatable bonds is 18. The molecule has 0 radical (unpaired) electrons. The van der Waals surface area contributed by atoms with Crippen molar-refractivity contribution in [2.75, 3.05) is 36.0 Å². The van der Waals surface area contributed by atoms with Gasteiger partial charge in [-0.1, -0.05) is 53.4 Å². The van der Waals surface area contributed by atoms with Gasteiger partial charge in [-0.3, -0.25) is 0 Å². The van der Waals surface area contributed by atoms with Gasteiger partial charge in [0.1, 0.15) is 23.6 Å². The maximum absolute atomic E-state index is 10.7. The van der Waals surface area contributed by atoms with E-state index in [1.54, 1.807) is 24.3 Å². The van der Waals surface area contributed by atoms with Crippen LogP contribution in [0.5, 0.6) is 11.5 Å². The van der Waals surface area contributed by atoms with E-state index in [-0.39, 0.29) is 22.9 Å². The molecule has 0 bridgehead atoms. The molecule has 2 aromatic rings. The van der Waals surface area contributed by atoms with E-state index in [0.717, 1.165) is 88.9 Å². The minimum atomic E-state index is -0.189. The summed E-state index contributed by atoms with van der Waals surface area (Å²) >= 11 is 0. The summed E-state index contributed by atoms with van der Waals surface area (Å²) in [5, 5.41) is 40.7. The van der Waals surface area contributed by atoms with Crippen LogP contribution in [-0.2, 0) is 0 Å². The lowest BCUT2D eigenvalue weighted by atomic mass is 10.1. The molecule has 42 heavy (non-hydrogen) atoms. The molecule has 0 atom stereocenters. The first-order chi connectivity index (χ1) is 20.4. The Morgan fingerprint density at radius 1 is 0.643 bits per heavy atom. The van der Waals surface area contributed by atoms with E-state index in [1.807, 2.05) is 24.3 Å². The van der Waals surface area contributed by atoms with Gasteiger partial charge in [0.25, 0.3) is 0 Å². The van der Waals surface area contributed by atoms with Gasteiger partial charge in [-0.05, 0) is 49.9 Å². The lowest BCUT2D eigenvalue weighted by Gasteiger charge is -2.25. The molecule has 0 saturated heterocycles. The van der Waals surface area contributed by atoms with Crippen LogP contribution in [0, 0.1) is 22.7 Å². The smallest absolute Gasteiger partial charge is 0.176 e. The van der Waals surface area contributed by atoms with Gasteiger partial charge in [0, 0.05) is 73.2 Å².